The van der Waals surface area contributed by atoms with Crippen molar-refractivity contribution in [1.82, 2.24) is 0 Å². The lowest BCUT2D eigenvalue weighted by Gasteiger charge is -2.11. The van der Waals surface area contributed by atoms with Gasteiger partial charge in [0.25, 0.3) is 10.2 Å². The lowest BCUT2D eigenvalue weighted by molar-refractivity contribution is -0.119. The summed E-state index contributed by atoms with van der Waals surface area (Å²) in [7, 11) is -3.80. The molecule has 6 nitrogen and oxygen atoms in total. The summed E-state index contributed by atoms with van der Waals surface area (Å²) in [6, 6.07) is 6.44. The molecule has 0 spiro atoms. The first-order valence-electron chi connectivity index (χ1n) is 5.73. The summed E-state index contributed by atoms with van der Waals surface area (Å²) in [5.41, 5.74) is 0.872. The summed E-state index contributed by atoms with van der Waals surface area (Å²) in [4.78, 5) is 11.9. The smallest absolute Gasteiger partial charge is 0.296 e. The number of nitrogens with two attached hydrogens (primary N) is 1. The van der Waals surface area contributed by atoms with E-state index in [-0.39, 0.29) is 11.8 Å². The maximum Gasteiger partial charge on any atom is 0.296 e. The number of amides is 1. The normalized spacial score (nSPS) is 19.1. The molecule has 2 rings (SSSR count). The molecule has 1 aliphatic rings. The Bertz CT molecular complexity index is 568. The van der Waals surface area contributed by atoms with Crippen LogP contribution in [0.1, 0.15) is 6.42 Å². The molecule has 0 aliphatic carbocycles. The van der Waals surface area contributed by atoms with Gasteiger partial charge < -0.3 is 5.32 Å². The van der Waals surface area contributed by atoms with Gasteiger partial charge in [0, 0.05) is 17.4 Å². The number of hydrogen-bond acceptors (Lipinski definition) is 4. The molecule has 1 saturated heterocycles. The first-order chi connectivity index (χ1) is 8.94. The van der Waals surface area contributed by atoms with Gasteiger partial charge in [0.05, 0.1) is 5.69 Å². The van der Waals surface area contributed by atoms with E-state index >= 15 is 0 Å². The molecule has 1 fully saturated rings. The molecule has 1 amide bonds. The second kappa shape index (κ2) is 5.81. The van der Waals surface area contributed by atoms with Crippen molar-refractivity contribution in [3.63, 3.8) is 0 Å². The molecule has 1 atom stereocenters. The van der Waals surface area contributed by atoms with Crippen LogP contribution >= 0.6 is 11.8 Å². The Morgan fingerprint density at radius 3 is 2.74 bits per heavy atom. The number of hydrogen-bond donors (Lipinski definition) is 3. The van der Waals surface area contributed by atoms with Crippen molar-refractivity contribution in [3.8, 4) is 0 Å². The highest BCUT2D eigenvalue weighted by molar-refractivity contribution is 7.99. The number of thioether (sulfide) groups is 1. The quantitative estimate of drug-likeness (QED) is 0.772. The van der Waals surface area contributed by atoms with E-state index in [0.29, 0.717) is 11.4 Å². The van der Waals surface area contributed by atoms with E-state index in [1.54, 1.807) is 30.0 Å². The molecule has 1 heterocycles. The molecule has 4 N–H and O–H groups in total. The summed E-state index contributed by atoms with van der Waals surface area (Å²) in [6.07, 6.45) is 0.881. The zero-order valence-electron chi connectivity index (χ0n) is 10.1. The van der Waals surface area contributed by atoms with Crippen molar-refractivity contribution < 1.29 is 13.2 Å². The van der Waals surface area contributed by atoms with Gasteiger partial charge in [-0.05, 0) is 30.4 Å². The van der Waals surface area contributed by atoms with Crippen LogP contribution in [0.25, 0.3) is 0 Å². The summed E-state index contributed by atoms with van der Waals surface area (Å²) >= 11 is 1.76. The lowest BCUT2D eigenvalue weighted by Crippen LogP contribution is -2.23. The van der Waals surface area contributed by atoms with Gasteiger partial charge in [-0.3, -0.25) is 9.52 Å². The largest absolute Gasteiger partial charge is 0.326 e. The zero-order chi connectivity index (χ0) is 13.9. The van der Waals surface area contributed by atoms with Gasteiger partial charge in [-0.15, -0.1) is 0 Å². The predicted molar refractivity (Wildman–Crippen MR) is 77.2 cm³/mol. The standard InChI is InChI=1S/C11H15N3O3S2/c12-19(16,17)14-10-3-1-2-9(6-10)13-11(15)8-4-5-18-7-8/h1-3,6,8,14H,4-5,7H2,(H,13,15)(H2,12,16,17). The minimum absolute atomic E-state index is 0.0276. The van der Waals surface area contributed by atoms with Crippen LogP contribution in [-0.4, -0.2) is 25.8 Å². The predicted octanol–water partition coefficient (Wildman–Crippen LogP) is 0.994. The van der Waals surface area contributed by atoms with E-state index in [1.165, 1.54) is 6.07 Å². The van der Waals surface area contributed by atoms with Crippen LogP contribution in [0, 0.1) is 5.92 Å². The minimum atomic E-state index is -3.80. The number of nitrogens with one attached hydrogen (secondary N) is 2. The van der Waals surface area contributed by atoms with Gasteiger partial charge in [0.2, 0.25) is 5.91 Å². The van der Waals surface area contributed by atoms with Crippen LogP contribution in [0.15, 0.2) is 24.3 Å². The van der Waals surface area contributed by atoms with Crippen LogP contribution < -0.4 is 15.2 Å². The molecule has 8 heteroatoms. The minimum Gasteiger partial charge on any atom is -0.326 e. The molecule has 104 valence electrons. The van der Waals surface area contributed by atoms with Crippen molar-refractivity contribution in [2.24, 2.45) is 11.1 Å². The van der Waals surface area contributed by atoms with Crippen LogP contribution in [0.4, 0.5) is 11.4 Å². The third-order valence-electron chi connectivity index (χ3n) is 2.69. The maximum atomic E-state index is 11.9. The van der Waals surface area contributed by atoms with Crippen molar-refractivity contribution in [3.05, 3.63) is 24.3 Å². The second-order valence-corrected chi connectivity index (χ2v) is 6.72. The molecule has 0 radical (unpaired) electrons. The number of carbonyl (C=O) groups is 1. The van der Waals surface area contributed by atoms with Gasteiger partial charge in [-0.2, -0.15) is 20.2 Å². The van der Waals surface area contributed by atoms with Crippen molar-refractivity contribution in [2.75, 3.05) is 21.5 Å². The summed E-state index contributed by atoms with van der Waals surface area (Å²) in [5.74, 6) is 1.84. The van der Waals surface area contributed by atoms with Crippen molar-refractivity contribution in [1.29, 1.82) is 0 Å². The topological polar surface area (TPSA) is 101 Å². The number of carbonyl (C=O) groups excluding carboxylic acids is 1. The van der Waals surface area contributed by atoms with Gasteiger partial charge in [-0.25, -0.2) is 5.14 Å². The molecule has 1 unspecified atom stereocenters. The Balaban J connectivity index is 2.04. The monoisotopic (exact) mass is 301 g/mol. The highest BCUT2D eigenvalue weighted by Gasteiger charge is 2.23. The van der Waals surface area contributed by atoms with E-state index in [9.17, 15) is 13.2 Å². The van der Waals surface area contributed by atoms with E-state index in [0.717, 1.165) is 17.9 Å². The molecular weight excluding hydrogens is 286 g/mol. The molecular formula is C11H15N3O3S2. The van der Waals surface area contributed by atoms with E-state index in [1.807, 2.05) is 0 Å². The number of rotatable bonds is 4. The zero-order valence-corrected chi connectivity index (χ0v) is 11.8. The Morgan fingerprint density at radius 1 is 1.37 bits per heavy atom. The Kier molecular flexibility index (Phi) is 4.33. The van der Waals surface area contributed by atoms with E-state index < -0.39 is 10.2 Å². The third-order valence-corrected chi connectivity index (χ3v) is 4.37. The van der Waals surface area contributed by atoms with Gasteiger partial charge in [0.15, 0.2) is 0 Å². The molecule has 0 saturated carbocycles. The van der Waals surface area contributed by atoms with Gasteiger partial charge in [0.1, 0.15) is 0 Å². The van der Waals surface area contributed by atoms with E-state index in [2.05, 4.69) is 10.0 Å². The molecule has 1 aromatic rings. The second-order valence-electron chi connectivity index (χ2n) is 4.28. The molecule has 19 heavy (non-hydrogen) atoms. The average molecular weight is 301 g/mol. The van der Waals surface area contributed by atoms with Crippen LogP contribution in [0.2, 0.25) is 0 Å². The van der Waals surface area contributed by atoms with Crippen LogP contribution in [0.5, 0.6) is 0 Å². The van der Waals surface area contributed by atoms with Gasteiger partial charge >= 0.3 is 0 Å². The van der Waals surface area contributed by atoms with Gasteiger partial charge in [-0.1, -0.05) is 6.07 Å². The third kappa shape index (κ3) is 4.41. The van der Waals surface area contributed by atoms with Crippen LogP contribution in [-0.2, 0) is 15.0 Å². The number of benzene rings is 1. The highest BCUT2D eigenvalue weighted by Crippen LogP contribution is 2.25. The fourth-order valence-corrected chi connectivity index (χ4v) is 3.49. The van der Waals surface area contributed by atoms with Crippen molar-refractivity contribution >= 4 is 39.3 Å². The molecule has 1 aliphatic heterocycles. The summed E-state index contributed by atoms with van der Waals surface area (Å²) < 4.78 is 24.0. The SMILES string of the molecule is NS(=O)(=O)Nc1cccc(NC(=O)C2CCSC2)c1. The fourth-order valence-electron chi connectivity index (χ4n) is 1.81. The maximum absolute atomic E-state index is 11.9. The summed E-state index contributed by atoms with van der Waals surface area (Å²) in [6.45, 7) is 0. The average Bonchev–Trinajstić information content (AvgIpc) is 2.80. The Morgan fingerprint density at radius 2 is 2.11 bits per heavy atom. The Labute approximate surface area is 116 Å². The molecule has 0 bridgehead atoms. The molecule has 0 aromatic heterocycles. The number of anilines is 2. The first kappa shape index (κ1) is 14.2. The highest BCUT2D eigenvalue weighted by atomic mass is 32.2. The lowest BCUT2D eigenvalue weighted by atomic mass is 10.1. The summed E-state index contributed by atoms with van der Waals surface area (Å²) in [5, 5.41) is 7.67. The fraction of sp³-hybridized carbons (Fsp3) is 0.364. The Hall–Kier alpha value is -1.25. The van der Waals surface area contributed by atoms with E-state index in [4.69, 9.17) is 5.14 Å². The first-order valence-corrected chi connectivity index (χ1v) is 8.43. The molecule has 1 aromatic carbocycles. The van der Waals surface area contributed by atoms with Crippen LogP contribution in [0.3, 0.4) is 0 Å². The van der Waals surface area contributed by atoms with Crippen molar-refractivity contribution in [2.45, 2.75) is 6.42 Å².